The fraction of sp³-hybridized carbons (Fsp3) is 0.500. The van der Waals surface area contributed by atoms with Gasteiger partial charge < -0.3 is 43.4 Å². The van der Waals surface area contributed by atoms with E-state index in [2.05, 4.69) is 11.4 Å². The van der Waals surface area contributed by atoms with Crippen LogP contribution >= 0.6 is 11.8 Å². The van der Waals surface area contributed by atoms with E-state index in [0.717, 1.165) is 11.1 Å². The van der Waals surface area contributed by atoms with E-state index in [1.165, 1.54) is 32.9 Å². The van der Waals surface area contributed by atoms with Crippen molar-refractivity contribution in [2.24, 2.45) is 0 Å². The SMILES string of the molecule is COc1cc2c(cc1O)CCN[C@]21CS[C@@H]2c3c(OC(C)=O)c(C)c4c(c3[C@H](COC1=O)N1C2[C@@H]2c3c(cc(C)c(OC)c3O)C[C@H]([C@@H]1C#N)N2C(=O)OC(C)(C)C)OCO4. The Bertz CT molecular complexity index is 2450. The minimum atomic E-state index is -1.47. The number of nitrogens with one attached hydrogen (secondary N) is 1. The largest absolute Gasteiger partial charge is 0.504 e. The van der Waals surface area contributed by atoms with Crippen molar-refractivity contribution in [3.05, 3.63) is 62.7 Å². The lowest BCUT2D eigenvalue weighted by molar-refractivity contribution is -0.157. The number of amides is 1. The summed E-state index contributed by atoms with van der Waals surface area (Å²) in [5.41, 5.74) is 2.33. The Labute approximate surface area is 356 Å². The number of aryl methyl sites for hydroxylation is 1. The molecule has 2 saturated heterocycles. The molecule has 17 heteroatoms. The number of hydrogen-bond acceptors (Lipinski definition) is 16. The highest BCUT2D eigenvalue weighted by atomic mass is 32.2. The van der Waals surface area contributed by atoms with Gasteiger partial charge in [-0.1, -0.05) is 6.07 Å². The first-order valence-electron chi connectivity index (χ1n) is 20.2. The number of aromatic hydroxyl groups is 2. The molecule has 3 N–H and O–H groups in total. The van der Waals surface area contributed by atoms with Crippen LogP contribution in [0, 0.1) is 25.2 Å². The number of fused-ring (bicyclic) bond motifs is 9. The van der Waals surface area contributed by atoms with Gasteiger partial charge in [-0.25, -0.2) is 9.59 Å². The van der Waals surface area contributed by atoms with Crippen molar-refractivity contribution < 1.29 is 57.8 Å². The summed E-state index contributed by atoms with van der Waals surface area (Å²) in [6.45, 7) is 10.2. The van der Waals surface area contributed by atoms with Gasteiger partial charge in [-0.05, 0) is 81.8 Å². The number of benzene rings is 3. The summed E-state index contributed by atoms with van der Waals surface area (Å²) < 4.78 is 42.3. The van der Waals surface area contributed by atoms with Crippen LogP contribution < -0.4 is 29.0 Å². The Kier molecular flexibility index (Phi) is 9.72. The number of esters is 2. The van der Waals surface area contributed by atoms with Crippen LogP contribution in [0.25, 0.3) is 0 Å². The predicted molar refractivity (Wildman–Crippen MR) is 218 cm³/mol. The van der Waals surface area contributed by atoms with Crippen molar-refractivity contribution >= 4 is 29.8 Å². The summed E-state index contributed by atoms with van der Waals surface area (Å²) in [5.74, 6) is 0.0120. The van der Waals surface area contributed by atoms with Crippen molar-refractivity contribution in [1.29, 1.82) is 5.26 Å². The van der Waals surface area contributed by atoms with E-state index in [-0.39, 0.29) is 54.3 Å². The van der Waals surface area contributed by atoms with E-state index < -0.39 is 64.6 Å². The number of ether oxygens (including phenoxy) is 7. The van der Waals surface area contributed by atoms with Crippen molar-refractivity contribution in [2.45, 2.75) is 101 Å². The summed E-state index contributed by atoms with van der Waals surface area (Å²) in [6.07, 6.45) is 0.0160. The van der Waals surface area contributed by atoms with Gasteiger partial charge in [0.05, 0.1) is 49.7 Å². The summed E-state index contributed by atoms with van der Waals surface area (Å²) in [6, 6.07) is 3.14. The molecule has 0 radical (unpaired) electrons. The van der Waals surface area contributed by atoms with Gasteiger partial charge in [0.15, 0.2) is 40.0 Å². The zero-order chi connectivity index (χ0) is 43.4. The maximum atomic E-state index is 14.9. The second kappa shape index (κ2) is 14.5. The fourth-order valence-corrected chi connectivity index (χ4v) is 12.2. The van der Waals surface area contributed by atoms with E-state index in [1.807, 2.05) is 17.9 Å². The third kappa shape index (κ3) is 6.04. The molecule has 2 fully saturated rings. The molecule has 1 unspecified atom stereocenters. The Morgan fingerprint density at radius 1 is 1.02 bits per heavy atom. The van der Waals surface area contributed by atoms with Gasteiger partial charge in [0, 0.05) is 41.5 Å². The molecular formula is C44H48N4O12S. The van der Waals surface area contributed by atoms with Crippen molar-refractivity contribution in [3.8, 4) is 46.3 Å². The highest BCUT2D eigenvalue weighted by Gasteiger charge is 2.64. The molecule has 0 aromatic heterocycles. The van der Waals surface area contributed by atoms with Gasteiger partial charge in [-0.3, -0.25) is 19.9 Å². The van der Waals surface area contributed by atoms with E-state index in [4.69, 9.17) is 33.2 Å². The molecule has 0 aliphatic carbocycles. The minimum Gasteiger partial charge on any atom is -0.504 e. The Morgan fingerprint density at radius 3 is 2.46 bits per heavy atom. The number of piperazine rings is 1. The van der Waals surface area contributed by atoms with Crippen LogP contribution in [0.2, 0.25) is 0 Å². The molecule has 10 rings (SSSR count). The van der Waals surface area contributed by atoms with Crippen molar-refractivity contribution in [2.75, 3.05) is 39.9 Å². The quantitative estimate of drug-likeness (QED) is 0.227. The fourth-order valence-electron chi connectivity index (χ4n) is 10.5. The maximum Gasteiger partial charge on any atom is 0.411 e. The number of methoxy groups -OCH3 is 2. The topological polar surface area (TPSA) is 199 Å². The number of carbonyl (C=O) groups excluding carboxylic acids is 3. The summed E-state index contributed by atoms with van der Waals surface area (Å²) >= 11 is 1.35. The first-order valence-corrected chi connectivity index (χ1v) is 21.3. The Morgan fingerprint density at radius 2 is 1.77 bits per heavy atom. The van der Waals surface area contributed by atoms with Gasteiger partial charge in [-0.15, -0.1) is 11.8 Å². The van der Waals surface area contributed by atoms with E-state index >= 15 is 0 Å². The molecule has 16 nitrogen and oxygen atoms in total. The van der Waals surface area contributed by atoms with E-state index in [0.29, 0.717) is 57.8 Å². The lowest BCUT2D eigenvalue weighted by atomic mass is 9.71. The van der Waals surface area contributed by atoms with Crippen molar-refractivity contribution in [3.63, 3.8) is 0 Å². The first kappa shape index (κ1) is 40.8. The number of thioether (sulfide) groups is 1. The average Bonchev–Trinajstić information content (AvgIpc) is 3.69. The van der Waals surface area contributed by atoms with Crippen LogP contribution in [0.3, 0.4) is 0 Å². The maximum absolute atomic E-state index is 14.9. The van der Waals surface area contributed by atoms with Crippen LogP contribution in [0.1, 0.15) is 89.5 Å². The van der Waals surface area contributed by atoms with Crippen LogP contribution in [0.4, 0.5) is 4.79 Å². The lowest BCUT2D eigenvalue weighted by Crippen LogP contribution is -2.71. The number of phenols is 2. The molecule has 3 aromatic rings. The number of hydrogen-bond donors (Lipinski definition) is 3. The normalized spacial score (nSPS) is 27.1. The molecule has 4 bridgehead atoms. The molecule has 7 heterocycles. The van der Waals surface area contributed by atoms with Gasteiger partial charge in [0.25, 0.3) is 0 Å². The van der Waals surface area contributed by atoms with Crippen molar-refractivity contribution in [1.82, 2.24) is 15.1 Å². The lowest BCUT2D eigenvalue weighted by Gasteiger charge is -2.62. The smallest absolute Gasteiger partial charge is 0.411 e. The molecule has 7 aliphatic heterocycles. The standard InChI is InChI=1S/C44H48N4O12S/c1-19-11-23-12-25-26(15-45)47-27-16-56-41(52)44(24-14-29(54-7)28(50)13-22(24)9-10-46-44)17-61-40(32-31(27)39-38(57-18-58-39)20(2)37(32)59-21(3)49)34(47)33(30(23)35(51)36(19)55-8)48(25)42(53)60-43(4,5)6/h11,13-14,25-27,33-34,40,46,50-51H,9-10,12,16-18H2,1-8H3/t25-,26+,27+,33+,34?,40-,44-/m1/s1. The van der Waals surface area contributed by atoms with E-state index in [9.17, 15) is 29.9 Å². The molecule has 3 aromatic carbocycles. The summed E-state index contributed by atoms with van der Waals surface area (Å²) in [4.78, 5) is 46.4. The molecular weight excluding hydrogens is 809 g/mol. The number of nitrogens with zero attached hydrogens (tertiary/aromatic N) is 3. The van der Waals surface area contributed by atoms with Gasteiger partial charge in [0.2, 0.25) is 6.79 Å². The van der Waals surface area contributed by atoms with E-state index in [1.54, 1.807) is 44.7 Å². The Balaban J connectivity index is 1.36. The molecule has 61 heavy (non-hydrogen) atoms. The molecule has 7 aliphatic rings. The third-order valence-corrected chi connectivity index (χ3v) is 14.2. The average molecular weight is 857 g/mol. The first-order chi connectivity index (χ1) is 29.0. The number of phenolic OH excluding ortho intramolecular Hbond substituents is 2. The summed E-state index contributed by atoms with van der Waals surface area (Å²) in [7, 11) is 2.90. The summed E-state index contributed by atoms with van der Waals surface area (Å²) in [5, 5.41) is 37.2. The second-order valence-electron chi connectivity index (χ2n) is 17.3. The van der Waals surface area contributed by atoms with Gasteiger partial charge in [-0.2, -0.15) is 5.26 Å². The molecule has 1 amide bonds. The van der Waals surface area contributed by atoms with Gasteiger partial charge >= 0.3 is 18.0 Å². The highest BCUT2D eigenvalue weighted by Crippen LogP contribution is 2.65. The van der Waals surface area contributed by atoms with Crippen LogP contribution in [0.15, 0.2) is 18.2 Å². The minimum absolute atomic E-state index is 0.0226. The molecule has 322 valence electrons. The number of carbonyl (C=O) groups is 3. The zero-order valence-corrected chi connectivity index (χ0v) is 36.0. The monoisotopic (exact) mass is 856 g/mol. The van der Waals surface area contributed by atoms with Crippen LogP contribution in [-0.2, 0) is 37.4 Å². The predicted octanol–water partition coefficient (Wildman–Crippen LogP) is 5.29. The number of rotatable bonds is 3. The number of nitriles is 1. The Hall–Kier alpha value is -5.57. The second-order valence-corrected chi connectivity index (χ2v) is 18.4. The molecule has 0 saturated carbocycles. The third-order valence-electron chi connectivity index (χ3n) is 12.7. The zero-order valence-electron chi connectivity index (χ0n) is 35.2. The molecule has 1 spiro atoms. The van der Waals surface area contributed by atoms with Crippen LogP contribution in [-0.4, -0.2) is 102 Å². The molecule has 7 atom stereocenters. The van der Waals surface area contributed by atoms with Crippen LogP contribution in [0.5, 0.6) is 40.2 Å². The van der Waals surface area contributed by atoms with Gasteiger partial charge in [0.1, 0.15) is 24.0 Å². The highest BCUT2D eigenvalue weighted by molar-refractivity contribution is 7.99.